The summed E-state index contributed by atoms with van der Waals surface area (Å²) >= 11 is 0. The van der Waals surface area contributed by atoms with E-state index < -0.39 is 5.41 Å². The average molecular weight is 253 g/mol. The minimum Gasteiger partial charge on any atom is -0.341 e. The molecule has 1 aromatic heterocycles. The maximum Gasteiger partial charge on any atom is 0.126 e. The molecule has 0 unspecified atom stereocenters. The quantitative estimate of drug-likeness (QED) is 0.885. The van der Waals surface area contributed by atoms with E-state index >= 15 is 0 Å². The first kappa shape index (κ1) is 13.4. The summed E-state index contributed by atoms with van der Waals surface area (Å²) in [5.74, 6) is 0.712. The largest absolute Gasteiger partial charge is 0.341 e. The zero-order valence-corrected chi connectivity index (χ0v) is 12.1. The number of nitrogens with one attached hydrogen (secondary N) is 1. The molecular weight excluding hydrogens is 234 g/mol. The molecule has 2 rings (SSSR count). The molecule has 0 aliphatic carbocycles. The van der Waals surface area contributed by atoms with E-state index in [2.05, 4.69) is 48.9 Å². The number of aryl methyl sites for hydroxylation is 3. The highest BCUT2D eigenvalue weighted by Gasteiger charge is 2.24. The van der Waals surface area contributed by atoms with E-state index in [-0.39, 0.29) is 0 Å². The Hall–Kier alpha value is -2.08. The van der Waals surface area contributed by atoms with Crippen LogP contribution < -0.4 is 0 Å². The monoisotopic (exact) mass is 253 g/mol. The number of aromatic nitrogens is 2. The molecule has 1 aromatic carbocycles. The first-order valence-electron chi connectivity index (χ1n) is 6.40. The lowest BCUT2D eigenvalue weighted by atomic mass is 9.95. The van der Waals surface area contributed by atoms with Crippen LogP contribution in [0.25, 0.3) is 11.3 Å². The van der Waals surface area contributed by atoms with Crippen LogP contribution in [0.15, 0.2) is 18.3 Å². The number of nitrogens with zero attached hydrogens (tertiary/aromatic N) is 2. The van der Waals surface area contributed by atoms with Gasteiger partial charge in [0.2, 0.25) is 0 Å². The summed E-state index contributed by atoms with van der Waals surface area (Å²) in [4.78, 5) is 7.65. The molecule has 0 fully saturated rings. The van der Waals surface area contributed by atoms with Crippen molar-refractivity contribution >= 4 is 0 Å². The molecule has 3 nitrogen and oxygen atoms in total. The Morgan fingerprint density at radius 3 is 2.26 bits per heavy atom. The second-order valence-electron chi connectivity index (χ2n) is 5.66. The van der Waals surface area contributed by atoms with Crippen molar-refractivity contribution in [1.82, 2.24) is 9.97 Å². The number of benzene rings is 1. The average Bonchev–Trinajstić information content (AvgIpc) is 2.77. The highest BCUT2D eigenvalue weighted by atomic mass is 14.9. The summed E-state index contributed by atoms with van der Waals surface area (Å²) in [7, 11) is 0. The molecule has 0 aliphatic rings. The third-order valence-corrected chi connectivity index (χ3v) is 3.39. The molecule has 0 spiro atoms. The van der Waals surface area contributed by atoms with Crippen LogP contribution in [0, 0.1) is 32.1 Å². The van der Waals surface area contributed by atoms with E-state index in [1.165, 1.54) is 22.3 Å². The van der Waals surface area contributed by atoms with Crippen LogP contribution in [0.1, 0.15) is 36.4 Å². The first-order chi connectivity index (χ1) is 8.85. The third kappa shape index (κ3) is 2.39. The standard InChI is InChI=1S/C16H19N3/c1-10-6-11(2)14(12(3)7-10)13-8-18-15(19-13)16(4,5)9-17/h6-8H,1-5H3,(H,18,19). The third-order valence-electron chi connectivity index (χ3n) is 3.39. The summed E-state index contributed by atoms with van der Waals surface area (Å²) in [6.07, 6.45) is 1.82. The molecular formula is C16H19N3. The van der Waals surface area contributed by atoms with Gasteiger partial charge in [-0.15, -0.1) is 0 Å². The molecule has 0 bridgehead atoms. The Kier molecular flexibility index (Phi) is 3.20. The van der Waals surface area contributed by atoms with Crippen molar-refractivity contribution in [2.75, 3.05) is 0 Å². The van der Waals surface area contributed by atoms with Crippen molar-refractivity contribution in [3.8, 4) is 17.3 Å². The van der Waals surface area contributed by atoms with Crippen molar-refractivity contribution in [2.45, 2.75) is 40.0 Å². The van der Waals surface area contributed by atoms with Gasteiger partial charge in [0.15, 0.2) is 0 Å². The van der Waals surface area contributed by atoms with Crippen molar-refractivity contribution < 1.29 is 0 Å². The molecule has 2 aromatic rings. The molecule has 0 saturated heterocycles. The molecule has 0 radical (unpaired) electrons. The minimum atomic E-state index is -0.593. The van der Waals surface area contributed by atoms with E-state index in [1.54, 1.807) is 0 Å². The van der Waals surface area contributed by atoms with Crippen LogP contribution in [-0.4, -0.2) is 9.97 Å². The Morgan fingerprint density at radius 2 is 1.74 bits per heavy atom. The van der Waals surface area contributed by atoms with Crippen LogP contribution in [0.2, 0.25) is 0 Å². The fraction of sp³-hybridized carbons (Fsp3) is 0.375. The van der Waals surface area contributed by atoms with Gasteiger partial charge in [-0.1, -0.05) is 17.7 Å². The van der Waals surface area contributed by atoms with Crippen LogP contribution in [0.5, 0.6) is 0 Å². The second kappa shape index (κ2) is 4.55. The Balaban J connectivity index is 2.54. The Bertz CT molecular complexity index is 634. The van der Waals surface area contributed by atoms with Crippen LogP contribution >= 0.6 is 0 Å². The smallest absolute Gasteiger partial charge is 0.126 e. The molecule has 1 N–H and O–H groups in total. The zero-order chi connectivity index (χ0) is 14.2. The molecule has 0 aliphatic heterocycles. The summed E-state index contributed by atoms with van der Waals surface area (Å²) in [6, 6.07) is 6.60. The maximum atomic E-state index is 9.16. The number of hydrogen-bond acceptors (Lipinski definition) is 2. The Morgan fingerprint density at radius 1 is 1.16 bits per heavy atom. The van der Waals surface area contributed by atoms with Gasteiger partial charge in [0.25, 0.3) is 0 Å². The maximum absolute atomic E-state index is 9.16. The van der Waals surface area contributed by atoms with E-state index in [4.69, 9.17) is 5.26 Å². The van der Waals surface area contributed by atoms with Gasteiger partial charge in [-0.3, -0.25) is 0 Å². The molecule has 0 atom stereocenters. The van der Waals surface area contributed by atoms with Crippen molar-refractivity contribution in [3.05, 3.63) is 40.8 Å². The van der Waals surface area contributed by atoms with Gasteiger partial charge in [0.1, 0.15) is 11.2 Å². The van der Waals surface area contributed by atoms with Gasteiger partial charge in [-0.25, -0.2) is 4.98 Å². The lowest BCUT2D eigenvalue weighted by molar-refractivity contribution is 0.640. The molecule has 0 saturated carbocycles. The van der Waals surface area contributed by atoms with Gasteiger partial charge in [0, 0.05) is 5.56 Å². The van der Waals surface area contributed by atoms with Crippen LogP contribution in [0.4, 0.5) is 0 Å². The van der Waals surface area contributed by atoms with Crippen LogP contribution in [0.3, 0.4) is 0 Å². The van der Waals surface area contributed by atoms with Crippen LogP contribution in [-0.2, 0) is 5.41 Å². The number of imidazole rings is 1. The number of hydrogen-bond donors (Lipinski definition) is 1. The van der Waals surface area contributed by atoms with Crippen molar-refractivity contribution in [1.29, 1.82) is 5.26 Å². The number of nitriles is 1. The van der Waals surface area contributed by atoms with Crippen molar-refractivity contribution in [3.63, 3.8) is 0 Å². The highest BCUT2D eigenvalue weighted by molar-refractivity contribution is 5.68. The van der Waals surface area contributed by atoms with E-state index in [0.29, 0.717) is 5.82 Å². The van der Waals surface area contributed by atoms with Gasteiger partial charge in [0.05, 0.1) is 18.0 Å². The Labute approximate surface area is 114 Å². The molecule has 0 amide bonds. The number of H-pyrrole nitrogens is 1. The van der Waals surface area contributed by atoms with Gasteiger partial charge in [-0.05, 0) is 45.7 Å². The zero-order valence-electron chi connectivity index (χ0n) is 12.1. The topological polar surface area (TPSA) is 52.5 Å². The van der Waals surface area contributed by atoms with E-state index in [9.17, 15) is 0 Å². The van der Waals surface area contributed by atoms with Gasteiger partial charge >= 0.3 is 0 Å². The van der Waals surface area contributed by atoms with Gasteiger partial charge in [-0.2, -0.15) is 5.26 Å². The van der Waals surface area contributed by atoms with E-state index in [1.807, 2.05) is 20.0 Å². The fourth-order valence-electron chi connectivity index (χ4n) is 2.42. The normalized spacial score (nSPS) is 11.4. The number of rotatable bonds is 2. The predicted octanol–water partition coefficient (Wildman–Crippen LogP) is 3.80. The molecule has 1 heterocycles. The number of aromatic amines is 1. The summed E-state index contributed by atoms with van der Waals surface area (Å²) < 4.78 is 0. The highest BCUT2D eigenvalue weighted by Crippen LogP contribution is 2.29. The van der Waals surface area contributed by atoms with E-state index in [0.717, 1.165) is 5.69 Å². The summed E-state index contributed by atoms with van der Waals surface area (Å²) in [6.45, 7) is 10.0. The lowest BCUT2D eigenvalue weighted by Gasteiger charge is -2.12. The molecule has 3 heteroatoms. The summed E-state index contributed by atoms with van der Waals surface area (Å²) in [5.41, 5.74) is 5.28. The van der Waals surface area contributed by atoms with Crippen molar-refractivity contribution in [2.24, 2.45) is 0 Å². The van der Waals surface area contributed by atoms with Gasteiger partial charge < -0.3 is 4.98 Å². The molecule has 98 valence electrons. The molecule has 19 heavy (non-hydrogen) atoms. The second-order valence-corrected chi connectivity index (χ2v) is 5.66. The minimum absolute atomic E-state index is 0.593. The predicted molar refractivity (Wildman–Crippen MR) is 76.9 cm³/mol. The first-order valence-corrected chi connectivity index (χ1v) is 6.40. The SMILES string of the molecule is Cc1cc(C)c(-c2cnc(C(C)(C)C#N)[nH]2)c(C)c1. The lowest BCUT2D eigenvalue weighted by Crippen LogP contribution is -2.15. The fourth-order valence-corrected chi connectivity index (χ4v) is 2.42. The summed E-state index contributed by atoms with van der Waals surface area (Å²) in [5, 5.41) is 9.16.